The number of rotatable bonds is 3. The van der Waals surface area contributed by atoms with Crippen molar-refractivity contribution in [1.82, 2.24) is 9.55 Å². The summed E-state index contributed by atoms with van der Waals surface area (Å²) in [5.74, 6) is 7.01. The Morgan fingerprint density at radius 3 is 2.62 bits per heavy atom. The molecule has 2 aromatic rings. The Labute approximate surface area is 121 Å². The van der Waals surface area contributed by atoms with Gasteiger partial charge in [0.15, 0.2) is 11.5 Å². The van der Waals surface area contributed by atoms with Gasteiger partial charge in [0.05, 0.1) is 19.9 Å². The topological polar surface area (TPSA) is 91.4 Å². The van der Waals surface area contributed by atoms with Crippen molar-refractivity contribution in [2.45, 2.75) is 13.0 Å². The van der Waals surface area contributed by atoms with Crippen molar-refractivity contribution in [3.63, 3.8) is 0 Å². The molecule has 0 atom stereocenters. The van der Waals surface area contributed by atoms with Gasteiger partial charge < -0.3 is 14.9 Å². The molecule has 0 unspecified atom stereocenters. The van der Waals surface area contributed by atoms with Crippen LogP contribution in [-0.4, -0.2) is 23.8 Å². The van der Waals surface area contributed by atoms with E-state index >= 15 is 0 Å². The summed E-state index contributed by atoms with van der Waals surface area (Å²) in [6.45, 7) is 0.578. The first-order chi connectivity index (χ1) is 10.2. The fourth-order valence-electron chi connectivity index (χ4n) is 2.62. The first-order valence-electron chi connectivity index (χ1n) is 6.51. The van der Waals surface area contributed by atoms with Crippen LogP contribution in [0.2, 0.25) is 0 Å². The molecule has 21 heavy (non-hydrogen) atoms. The predicted octanol–water partition coefficient (Wildman–Crippen LogP) is 0.769. The number of aryl methyl sites for hydroxylation is 1. The van der Waals surface area contributed by atoms with E-state index in [2.05, 4.69) is 10.4 Å². The van der Waals surface area contributed by atoms with Crippen molar-refractivity contribution in [3.8, 4) is 22.8 Å². The van der Waals surface area contributed by atoms with Crippen molar-refractivity contribution in [3.05, 3.63) is 34.2 Å². The number of hydrogen-bond acceptors (Lipinski definition) is 6. The third-order valence-corrected chi connectivity index (χ3v) is 3.65. The minimum Gasteiger partial charge on any atom is -0.493 e. The van der Waals surface area contributed by atoms with Gasteiger partial charge in [-0.3, -0.25) is 4.57 Å². The highest BCUT2D eigenvalue weighted by molar-refractivity contribution is 5.71. The Bertz CT molecular complexity index is 755. The zero-order valence-electron chi connectivity index (χ0n) is 11.8. The summed E-state index contributed by atoms with van der Waals surface area (Å²) in [5, 5.41) is 0. The zero-order chi connectivity index (χ0) is 15.0. The number of anilines is 1. The number of benzene rings is 1. The van der Waals surface area contributed by atoms with Crippen molar-refractivity contribution < 1.29 is 9.47 Å². The van der Waals surface area contributed by atoms with E-state index < -0.39 is 0 Å². The summed E-state index contributed by atoms with van der Waals surface area (Å²) in [5.41, 5.74) is 4.89. The second-order valence-electron chi connectivity index (χ2n) is 4.72. The number of nitrogen functional groups attached to an aromatic ring is 1. The summed E-state index contributed by atoms with van der Waals surface area (Å²) in [6.07, 6.45) is 0.736. The molecule has 0 amide bonds. The van der Waals surface area contributed by atoms with Crippen molar-refractivity contribution in [1.29, 1.82) is 0 Å². The first-order valence-corrected chi connectivity index (χ1v) is 6.51. The quantitative estimate of drug-likeness (QED) is 0.640. The summed E-state index contributed by atoms with van der Waals surface area (Å²) >= 11 is 0. The van der Waals surface area contributed by atoms with Gasteiger partial charge in [-0.2, -0.15) is 4.98 Å². The number of nitrogens with zero attached hydrogens (tertiary/aromatic N) is 2. The van der Waals surface area contributed by atoms with E-state index in [1.54, 1.807) is 24.9 Å². The monoisotopic (exact) mass is 288 g/mol. The van der Waals surface area contributed by atoms with Crippen LogP contribution in [0.25, 0.3) is 11.3 Å². The maximum Gasteiger partial charge on any atom is 0.350 e. The number of hydrogen-bond donors (Lipinski definition) is 2. The van der Waals surface area contributed by atoms with Crippen LogP contribution in [0.5, 0.6) is 11.5 Å². The van der Waals surface area contributed by atoms with Crippen LogP contribution in [0.1, 0.15) is 5.56 Å². The zero-order valence-corrected chi connectivity index (χ0v) is 11.8. The normalized spacial score (nSPS) is 12.3. The number of methoxy groups -OCH3 is 2. The van der Waals surface area contributed by atoms with Gasteiger partial charge in [-0.05, 0) is 24.1 Å². The SMILES string of the molecule is COc1cc2c(cc1OC)-c1cc(NN)nc(=O)n1CC2. The van der Waals surface area contributed by atoms with Gasteiger partial charge in [-0.1, -0.05) is 0 Å². The fraction of sp³-hybridized carbons (Fsp3) is 0.286. The molecule has 0 bridgehead atoms. The molecule has 0 aliphatic carbocycles. The van der Waals surface area contributed by atoms with E-state index in [-0.39, 0.29) is 5.69 Å². The molecule has 2 heterocycles. The summed E-state index contributed by atoms with van der Waals surface area (Å²) in [4.78, 5) is 15.9. The van der Waals surface area contributed by atoms with Gasteiger partial charge >= 0.3 is 5.69 Å². The molecule has 7 heteroatoms. The van der Waals surface area contributed by atoms with E-state index in [4.69, 9.17) is 15.3 Å². The summed E-state index contributed by atoms with van der Waals surface area (Å²) in [7, 11) is 3.19. The second-order valence-corrected chi connectivity index (χ2v) is 4.72. The van der Waals surface area contributed by atoms with Crippen LogP contribution in [0, 0.1) is 0 Å². The van der Waals surface area contributed by atoms with Gasteiger partial charge in [-0.15, -0.1) is 0 Å². The number of nitrogens with two attached hydrogens (primary N) is 1. The lowest BCUT2D eigenvalue weighted by atomic mass is 9.97. The van der Waals surface area contributed by atoms with Crippen LogP contribution >= 0.6 is 0 Å². The molecule has 1 aliphatic rings. The molecule has 3 N–H and O–H groups in total. The molecule has 1 aliphatic heterocycles. The molecule has 0 radical (unpaired) electrons. The van der Waals surface area contributed by atoms with E-state index in [1.165, 1.54) is 0 Å². The Morgan fingerprint density at radius 2 is 1.95 bits per heavy atom. The largest absolute Gasteiger partial charge is 0.493 e. The first kappa shape index (κ1) is 13.4. The van der Waals surface area contributed by atoms with Gasteiger partial charge in [0, 0.05) is 18.2 Å². The molecule has 1 aromatic heterocycles. The lowest BCUT2D eigenvalue weighted by Gasteiger charge is -2.23. The number of ether oxygens (including phenoxy) is 2. The van der Waals surface area contributed by atoms with E-state index in [1.807, 2.05) is 12.1 Å². The predicted molar refractivity (Wildman–Crippen MR) is 78.6 cm³/mol. The second kappa shape index (κ2) is 5.10. The van der Waals surface area contributed by atoms with Gasteiger partial charge in [-0.25, -0.2) is 10.6 Å². The fourth-order valence-corrected chi connectivity index (χ4v) is 2.62. The highest BCUT2D eigenvalue weighted by Gasteiger charge is 2.21. The highest BCUT2D eigenvalue weighted by Crippen LogP contribution is 2.38. The maximum atomic E-state index is 12.0. The smallest absolute Gasteiger partial charge is 0.350 e. The van der Waals surface area contributed by atoms with Crippen molar-refractivity contribution >= 4 is 5.82 Å². The lowest BCUT2D eigenvalue weighted by molar-refractivity contribution is 0.354. The van der Waals surface area contributed by atoms with E-state index in [9.17, 15) is 4.79 Å². The van der Waals surface area contributed by atoms with Crippen LogP contribution in [0.4, 0.5) is 5.82 Å². The minimum atomic E-state index is -0.319. The van der Waals surface area contributed by atoms with Crippen LogP contribution in [0.15, 0.2) is 23.0 Å². The third-order valence-electron chi connectivity index (χ3n) is 3.65. The number of nitrogens with one attached hydrogen (secondary N) is 1. The maximum absolute atomic E-state index is 12.0. The summed E-state index contributed by atoms with van der Waals surface area (Å²) < 4.78 is 12.3. The lowest BCUT2D eigenvalue weighted by Crippen LogP contribution is -2.29. The molecule has 7 nitrogen and oxygen atoms in total. The molecule has 0 saturated carbocycles. The third kappa shape index (κ3) is 2.11. The molecule has 0 spiro atoms. The Kier molecular flexibility index (Phi) is 3.26. The number of hydrazine groups is 1. The minimum absolute atomic E-state index is 0.319. The average molecular weight is 288 g/mol. The van der Waals surface area contributed by atoms with Crippen LogP contribution in [0.3, 0.4) is 0 Å². The molecule has 3 rings (SSSR count). The van der Waals surface area contributed by atoms with E-state index in [0.29, 0.717) is 23.9 Å². The Balaban J connectivity index is 2.26. The molecule has 0 fully saturated rings. The standard InChI is InChI=1S/C14H16N4O3/c1-20-11-5-8-3-4-18-10(9(8)6-12(11)21-2)7-13(17-15)16-14(18)19/h5-7H,3-4,15H2,1-2H3,(H,16,17,19). The molecular weight excluding hydrogens is 272 g/mol. The molecular formula is C14H16N4O3. The molecule has 0 saturated heterocycles. The van der Waals surface area contributed by atoms with E-state index in [0.717, 1.165) is 23.2 Å². The van der Waals surface area contributed by atoms with Crippen molar-refractivity contribution in [2.24, 2.45) is 5.84 Å². The Morgan fingerprint density at radius 1 is 1.24 bits per heavy atom. The van der Waals surface area contributed by atoms with Gasteiger partial charge in [0.25, 0.3) is 0 Å². The van der Waals surface area contributed by atoms with Gasteiger partial charge in [0.2, 0.25) is 0 Å². The number of aromatic nitrogens is 2. The summed E-state index contributed by atoms with van der Waals surface area (Å²) in [6, 6.07) is 5.57. The average Bonchev–Trinajstić information content (AvgIpc) is 2.52. The van der Waals surface area contributed by atoms with Crippen LogP contribution < -0.4 is 26.4 Å². The van der Waals surface area contributed by atoms with Gasteiger partial charge in [0.1, 0.15) is 5.82 Å². The highest BCUT2D eigenvalue weighted by atomic mass is 16.5. The molecule has 1 aromatic carbocycles. The number of fused-ring (bicyclic) bond motifs is 3. The Hall–Kier alpha value is -2.54. The molecule has 110 valence electrons. The van der Waals surface area contributed by atoms with Crippen molar-refractivity contribution in [2.75, 3.05) is 19.6 Å². The van der Waals surface area contributed by atoms with Crippen LogP contribution in [-0.2, 0) is 13.0 Å².